The van der Waals surface area contributed by atoms with Gasteiger partial charge >= 0.3 is 0 Å². The monoisotopic (exact) mass is 282 g/mol. The van der Waals surface area contributed by atoms with Crippen molar-refractivity contribution in [2.75, 3.05) is 13.1 Å². The normalized spacial score (nSPS) is 20.5. The van der Waals surface area contributed by atoms with Crippen molar-refractivity contribution in [2.45, 2.75) is 13.0 Å². The Balaban J connectivity index is 2.00. The van der Waals surface area contributed by atoms with Gasteiger partial charge in [-0.2, -0.15) is 0 Å². The molecule has 0 radical (unpaired) electrons. The molecular formula is C12H15BrN2O. The average Bonchev–Trinajstić information content (AvgIpc) is 2.63. The van der Waals surface area contributed by atoms with E-state index in [1.807, 2.05) is 29.2 Å². The van der Waals surface area contributed by atoms with Crippen molar-refractivity contribution in [3.63, 3.8) is 0 Å². The van der Waals surface area contributed by atoms with Gasteiger partial charge < -0.3 is 10.6 Å². The van der Waals surface area contributed by atoms with E-state index in [-0.39, 0.29) is 5.91 Å². The van der Waals surface area contributed by atoms with Gasteiger partial charge in [0, 0.05) is 24.0 Å². The summed E-state index contributed by atoms with van der Waals surface area (Å²) < 4.78 is 1.06. The molecule has 3 nitrogen and oxygen atoms in total. The van der Waals surface area contributed by atoms with Gasteiger partial charge in [0.2, 0.25) is 5.91 Å². The standard InChI is InChI=1S/C12H15BrN2O/c13-11-3-1-9(2-4-11)7-15-8-10(6-14)5-12(15)16/h1-4,10H,5-8,14H2. The molecule has 1 aliphatic heterocycles. The largest absolute Gasteiger partial charge is 0.338 e. The van der Waals surface area contributed by atoms with Gasteiger partial charge in [0.05, 0.1) is 0 Å². The molecule has 0 aliphatic carbocycles. The summed E-state index contributed by atoms with van der Waals surface area (Å²) in [6.45, 7) is 2.09. The number of hydrogen-bond donors (Lipinski definition) is 1. The molecule has 1 fully saturated rings. The van der Waals surface area contributed by atoms with Crippen molar-refractivity contribution in [3.8, 4) is 0 Å². The van der Waals surface area contributed by atoms with E-state index in [0.717, 1.165) is 16.6 Å². The molecule has 1 heterocycles. The van der Waals surface area contributed by atoms with Gasteiger partial charge in [-0.05, 0) is 30.2 Å². The van der Waals surface area contributed by atoms with Gasteiger partial charge in [0.15, 0.2) is 0 Å². The maximum Gasteiger partial charge on any atom is 0.223 e. The molecule has 0 aromatic heterocycles. The molecule has 2 N–H and O–H groups in total. The van der Waals surface area contributed by atoms with E-state index >= 15 is 0 Å². The lowest BCUT2D eigenvalue weighted by Gasteiger charge is -2.16. The first-order valence-electron chi connectivity index (χ1n) is 5.41. The fourth-order valence-corrected chi connectivity index (χ4v) is 2.24. The minimum atomic E-state index is 0.221. The lowest BCUT2D eigenvalue weighted by atomic mass is 10.1. The fraction of sp³-hybridized carbons (Fsp3) is 0.417. The number of benzene rings is 1. The Labute approximate surface area is 104 Å². The number of amides is 1. The minimum Gasteiger partial charge on any atom is -0.338 e. The number of halogens is 1. The van der Waals surface area contributed by atoms with Crippen molar-refractivity contribution in [2.24, 2.45) is 11.7 Å². The summed E-state index contributed by atoms with van der Waals surface area (Å²) in [7, 11) is 0. The molecular weight excluding hydrogens is 268 g/mol. The first-order valence-corrected chi connectivity index (χ1v) is 6.20. The maximum absolute atomic E-state index is 11.7. The zero-order chi connectivity index (χ0) is 11.5. The third-order valence-corrected chi connectivity index (χ3v) is 3.44. The van der Waals surface area contributed by atoms with Crippen LogP contribution in [-0.2, 0) is 11.3 Å². The number of likely N-dealkylation sites (tertiary alicyclic amines) is 1. The summed E-state index contributed by atoms with van der Waals surface area (Å²) in [6, 6.07) is 8.06. The lowest BCUT2D eigenvalue weighted by molar-refractivity contribution is -0.128. The van der Waals surface area contributed by atoms with Gasteiger partial charge in [-0.3, -0.25) is 4.79 Å². The molecule has 1 unspecified atom stereocenters. The van der Waals surface area contributed by atoms with Crippen molar-refractivity contribution in [3.05, 3.63) is 34.3 Å². The van der Waals surface area contributed by atoms with Crippen LogP contribution in [0.5, 0.6) is 0 Å². The summed E-state index contributed by atoms with van der Waals surface area (Å²) in [4.78, 5) is 13.6. The molecule has 4 heteroatoms. The first-order chi connectivity index (χ1) is 7.69. The summed E-state index contributed by atoms with van der Waals surface area (Å²) in [5.74, 6) is 0.557. The molecule has 1 saturated heterocycles. The van der Waals surface area contributed by atoms with Crippen molar-refractivity contribution >= 4 is 21.8 Å². The van der Waals surface area contributed by atoms with Crippen LogP contribution in [0.2, 0.25) is 0 Å². The predicted octanol–water partition coefficient (Wildman–Crippen LogP) is 1.76. The second kappa shape index (κ2) is 4.97. The third-order valence-electron chi connectivity index (χ3n) is 2.91. The molecule has 2 rings (SSSR count). The smallest absolute Gasteiger partial charge is 0.223 e. The van der Waals surface area contributed by atoms with E-state index in [4.69, 9.17) is 5.73 Å². The summed E-state index contributed by atoms with van der Waals surface area (Å²) in [6.07, 6.45) is 0.604. The zero-order valence-corrected chi connectivity index (χ0v) is 10.6. The van der Waals surface area contributed by atoms with Crippen molar-refractivity contribution < 1.29 is 4.79 Å². The fourth-order valence-electron chi connectivity index (χ4n) is 1.97. The number of carbonyl (C=O) groups excluding carboxylic acids is 1. The molecule has 0 spiro atoms. The maximum atomic E-state index is 11.7. The lowest BCUT2D eigenvalue weighted by Crippen LogP contribution is -2.25. The van der Waals surface area contributed by atoms with Crippen LogP contribution in [0.15, 0.2) is 28.7 Å². The Morgan fingerprint density at radius 2 is 2.06 bits per heavy atom. The molecule has 1 aromatic carbocycles. The van der Waals surface area contributed by atoms with Crippen molar-refractivity contribution in [1.29, 1.82) is 0 Å². The minimum absolute atomic E-state index is 0.221. The Morgan fingerprint density at radius 3 is 2.62 bits per heavy atom. The van der Waals surface area contributed by atoms with Crippen LogP contribution in [-0.4, -0.2) is 23.9 Å². The molecule has 16 heavy (non-hydrogen) atoms. The number of nitrogens with two attached hydrogens (primary N) is 1. The number of hydrogen-bond acceptors (Lipinski definition) is 2. The second-order valence-corrected chi connectivity index (χ2v) is 5.12. The van der Waals surface area contributed by atoms with Crippen LogP contribution in [0, 0.1) is 5.92 Å². The van der Waals surface area contributed by atoms with Gasteiger partial charge in [0.25, 0.3) is 0 Å². The predicted molar refractivity (Wildman–Crippen MR) is 66.7 cm³/mol. The van der Waals surface area contributed by atoms with Crippen LogP contribution in [0.25, 0.3) is 0 Å². The van der Waals surface area contributed by atoms with Gasteiger partial charge in [0.1, 0.15) is 0 Å². The topological polar surface area (TPSA) is 46.3 Å². The number of nitrogens with zero attached hydrogens (tertiary/aromatic N) is 1. The van der Waals surface area contributed by atoms with E-state index in [9.17, 15) is 4.79 Å². The zero-order valence-electron chi connectivity index (χ0n) is 9.03. The van der Waals surface area contributed by atoms with Crippen molar-refractivity contribution in [1.82, 2.24) is 4.90 Å². The van der Waals surface area contributed by atoms with E-state index in [2.05, 4.69) is 15.9 Å². The summed E-state index contributed by atoms with van der Waals surface area (Å²) >= 11 is 3.39. The van der Waals surface area contributed by atoms with E-state index in [1.54, 1.807) is 0 Å². The van der Waals surface area contributed by atoms with Crippen LogP contribution in [0.1, 0.15) is 12.0 Å². The van der Waals surface area contributed by atoms with Gasteiger partial charge in [-0.1, -0.05) is 28.1 Å². The molecule has 0 bridgehead atoms. The highest BCUT2D eigenvalue weighted by molar-refractivity contribution is 9.10. The quantitative estimate of drug-likeness (QED) is 0.918. The number of carbonyl (C=O) groups is 1. The highest BCUT2D eigenvalue weighted by Crippen LogP contribution is 2.20. The van der Waals surface area contributed by atoms with E-state index < -0.39 is 0 Å². The SMILES string of the molecule is NCC1CC(=O)N(Cc2ccc(Br)cc2)C1. The van der Waals surface area contributed by atoms with Crippen LogP contribution in [0.4, 0.5) is 0 Å². The number of rotatable bonds is 3. The van der Waals surface area contributed by atoms with E-state index in [1.165, 1.54) is 0 Å². The Morgan fingerprint density at radius 1 is 1.38 bits per heavy atom. The molecule has 1 atom stereocenters. The van der Waals surface area contributed by atoms with Crippen LogP contribution < -0.4 is 5.73 Å². The Hall–Kier alpha value is -0.870. The summed E-state index contributed by atoms with van der Waals surface area (Å²) in [5.41, 5.74) is 6.75. The van der Waals surface area contributed by atoms with Crippen LogP contribution in [0.3, 0.4) is 0 Å². The molecule has 86 valence electrons. The van der Waals surface area contributed by atoms with Gasteiger partial charge in [-0.15, -0.1) is 0 Å². The first kappa shape index (κ1) is 11.6. The Kier molecular flexibility index (Phi) is 3.61. The summed E-state index contributed by atoms with van der Waals surface area (Å²) in [5, 5.41) is 0. The third kappa shape index (κ3) is 2.62. The highest BCUT2D eigenvalue weighted by atomic mass is 79.9. The Bertz CT molecular complexity index is 377. The highest BCUT2D eigenvalue weighted by Gasteiger charge is 2.28. The molecule has 1 aliphatic rings. The van der Waals surface area contributed by atoms with Crippen LogP contribution >= 0.6 is 15.9 Å². The second-order valence-electron chi connectivity index (χ2n) is 4.21. The van der Waals surface area contributed by atoms with E-state index in [0.29, 0.717) is 25.4 Å². The van der Waals surface area contributed by atoms with Gasteiger partial charge in [-0.25, -0.2) is 0 Å². The molecule has 1 aromatic rings. The average molecular weight is 283 g/mol. The molecule has 1 amide bonds. The molecule has 0 saturated carbocycles.